The van der Waals surface area contributed by atoms with Crippen LogP contribution in [0.15, 0.2) is 42.5 Å². The van der Waals surface area contributed by atoms with Crippen LogP contribution in [0.25, 0.3) is 0 Å². The van der Waals surface area contributed by atoms with Gasteiger partial charge in [0.1, 0.15) is 0 Å². The Kier molecular flexibility index (Phi) is 5.41. The summed E-state index contributed by atoms with van der Waals surface area (Å²) >= 11 is 11.8. The van der Waals surface area contributed by atoms with Gasteiger partial charge in [0, 0.05) is 5.02 Å². The first-order chi connectivity index (χ1) is 10.5. The smallest absolute Gasteiger partial charge is 0.338 e. The monoisotopic (exact) mass is 337 g/mol. The van der Waals surface area contributed by atoms with Gasteiger partial charge in [-0.3, -0.25) is 4.79 Å². The highest BCUT2D eigenvalue weighted by Gasteiger charge is 2.13. The second-order valence-electron chi connectivity index (χ2n) is 4.56. The standard InChI is InChI=1S/C16H13Cl2NO3/c1-10-4-2-3-5-12(10)16(21)22-9-15(20)19-14-8-11(17)6-7-13(14)18/h2-8H,9H2,1H3,(H,19,20). The summed E-state index contributed by atoms with van der Waals surface area (Å²) in [5.41, 5.74) is 1.58. The zero-order chi connectivity index (χ0) is 16.1. The Bertz CT molecular complexity index is 716. The molecule has 0 saturated carbocycles. The van der Waals surface area contributed by atoms with E-state index in [2.05, 4.69) is 5.32 Å². The Hall–Kier alpha value is -2.04. The zero-order valence-electron chi connectivity index (χ0n) is 11.7. The maximum atomic E-state index is 11.9. The fourth-order valence-electron chi connectivity index (χ4n) is 1.79. The molecule has 1 N–H and O–H groups in total. The number of nitrogens with one attached hydrogen (secondary N) is 1. The van der Waals surface area contributed by atoms with Gasteiger partial charge in [0.15, 0.2) is 6.61 Å². The third-order valence-corrected chi connectivity index (χ3v) is 3.47. The van der Waals surface area contributed by atoms with Crippen molar-refractivity contribution in [3.05, 3.63) is 63.6 Å². The number of carbonyl (C=O) groups is 2. The molecule has 1 amide bonds. The van der Waals surface area contributed by atoms with Gasteiger partial charge in [-0.05, 0) is 36.8 Å². The van der Waals surface area contributed by atoms with E-state index in [1.165, 1.54) is 6.07 Å². The SMILES string of the molecule is Cc1ccccc1C(=O)OCC(=O)Nc1cc(Cl)ccc1Cl. The molecule has 2 aromatic rings. The summed E-state index contributed by atoms with van der Waals surface area (Å²) in [6, 6.07) is 11.7. The molecule has 0 aliphatic heterocycles. The average molecular weight is 338 g/mol. The van der Waals surface area contributed by atoms with Gasteiger partial charge in [0.25, 0.3) is 5.91 Å². The zero-order valence-corrected chi connectivity index (χ0v) is 13.2. The van der Waals surface area contributed by atoms with Gasteiger partial charge in [-0.25, -0.2) is 4.79 Å². The molecule has 0 bridgehead atoms. The highest BCUT2D eigenvalue weighted by atomic mass is 35.5. The Labute approximate surface area is 138 Å². The van der Waals surface area contributed by atoms with Gasteiger partial charge in [-0.15, -0.1) is 0 Å². The third-order valence-electron chi connectivity index (χ3n) is 2.90. The van der Waals surface area contributed by atoms with Crippen LogP contribution in [0.4, 0.5) is 5.69 Å². The highest BCUT2D eigenvalue weighted by molar-refractivity contribution is 6.35. The molecule has 6 heteroatoms. The fourth-order valence-corrected chi connectivity index (χ4v) is 2.13. The van der Waals surface area contributed by atoms with Gasteiger partial charge in [0.2, 0.25) is 0 Å². The predicted octanol–water partition coefficient (Wildman–Crippen LogP) is 4.10. The molecule has 0 atom stereocenters. The van der Waals surface area contributed by atoms with Crippen LogP contribution < -0.4 is 5.32 Å². The Morgan fingerprint density at radius 2 is 1.86 bits per heavy atom. The largest absolute Gasteiger partial charge is 0.452 e. The van der Waals surface area contributed by atoms with Crippen molar-refractivity contribution in [2.45, 2.75) is 6.92 Å². The van der Waals surface area contributed by atoms with Crippen LogP contribution in [0, 0.1) is 6.92 Å². The molecular weight excluding hydrogens is 325 g/mol. The molecule has 0 radical (unpaired) electrons. The lowest BCUT2D eigenvalue weighted by Gasteiger charge is -2.09. The lowest BCUT2D eigenvalue weighted by Crippen LogP contribution is -2.21. The minimum atomic E-state index is -0.551. The second-order valence-corrected chi connectivity index (χ2v) is 5.41. The van der Waals surface area contributed by atoms with Crippen molar-refractivity contribution in [3.8, 4) is 0 Å². The predicted molar refractivity (Wildman–Crippen MR) is 86.6 cm³/mol. The summed E-state index contributed by atoms with van der Waals surface area (Å²) in [6.45, 7) is 1.39. The van der Waals surface area contributed by atoms with Crippen LogP contribution in [0.3, 0.4) is 0 Å². The second kappa shape index (κ2) is 7.29. The van der Waals surface area contributed by atoms with E-state index in [0.29, 0.717) is 21.3 Å². The van der Waals surface area contributed by atoms with E-state index < -0.39 is 18.5 Å². The quantitative estimate of drug-likeness (QED) is 0.854. The maximum absolute atomic E-state index is 11.9. The molecule has 22 heavy (non-hydrogen) atoms. The number of amides is 1. The van der Waals surface area contributed by atoms with Crippen molar-refractivity contribution in [3.63, 3.8) is 0 Å². The van der Waals surface area contributed by atoms with Crippen molar-refractivity contribution < 1.29 is 14.3 Å². The summed E-state index contributed by atoms with van der Waals surface area (Å²) in [5, 5.41) is 3.33. The Morgan fingerprint density at radius 3 is 2.59 bits per heavy atom. The molecule has 0 heterocycles. The first-order valence-corrected chi connectivity index (χ1v) is 7.20. The topological polar surface area (TPSA) is 55.4 Å². The van der Waals surface area contributed by atoms with Crippen molar-refractivity contribution in [1.29, 1.82) is 0 Å². The van der Waals surface area contributed by atoms with Gasteiger partial charge in [-0.2, -0.15) is 0 Å². The molecule has 0 unspecified atom stereocenters. The Balaban J connectivity index is 1.94. The molecule has 2 rings (SSSR count). The number of ether oxygens (including phenoxy) is 1. The first-order valence-electron chi connectivity index (χ1n) is 6.45. The summed E-state index contributed by atoms with van der Waals surface area (Å²) in [7, 11) is 0. The number of esters is 1. The number of benzene rings is 2. The van der Waals surface area contributed by atoms with Gasteiger partial charge in [-0.1, -0.05) is 41.4 Å². The van der Waals surface area contributed by atoms with Crippen LogP contribution in [0.5, 0.6) is 0 Å². The van der Waals surface area contributed by atoms with E-state index >= 15 is 0 Å². The molecule has 2 aromatic carbocycles. The normalized spacial score (nSPS) is 10.1. The van der Waals surface area contributed by atoms with Gasteiger partial charge < -0.3 is 10.1 Å². The van der Waals surface area contributed by atoms with Crippen LogP contribution in [0.1, 0.15) is 15.9 Å². The van der Waals surface area contributed by atoms with Gasteiger partial charge in [0.05, 0.1) is 16.3 Å². The van der Waals surface area contributed by atoms with E-state index in [9.17, 15) is 9.59 Å². The van der Waals surface area contributed by atoms with E-state index in [-0.39, 0.29) is 0 Å². The maximum Gasteiger partial charge on any atom is 0.338 e. The summed E-state index contributed by atoms with van der Waals surface area (Å²) in [4.78, 5) is 23.7. The Morgan fingerprint density at radius 1 is 1.14 bits per heavy atom. The lowest BCUT2D eigenvalue weighted by atomic mass is 10.1. The first kappa shape index (κ1) is 16.3. The van der Waals surface area contributed by atoms with Crippen molar-refractivity contribution in [2.24, 2.45) is 0 Å². The molecule has 0 aliphatic rings. The molecule has 0 fully saturated rings. The van der Waals surface area contributed by atoms with E-state index in [1.54, 1.807) is 37.3 Å². The highest BCUT2D eigenvalue weighted by Crippen LogP contribution is 2.25. The van der Waals surface area contributed by atoms with Crippen LogP contribution in [-0.2, 0) is 9.53 Å². The fraction of sp³-hybridized carbons (Fsp3) is 0.125. The number of halogens is 2. The summed E-state index contributed by atoms with van der Waals surface area (Å²) < 4.78 is 4.99. The molecular formula is C16H13Cl2NO3. The van der Waals surface area contributed by atoms with Crippen LogP contribution in [0.2, 0.25) is 10.0 Å². The number of hydrogen-bond acceptors (Lipinski definition) is 3. The van der Waals surface area contributed by atoms with Crippen molar-refractivity contribution in [1.82, 2.24) is 0 Å². The van der Waals surface area contributed by atoms with Crippen molar-refractivity contribution in [2.75, 3.05) is 11.9 Å². The van der Waals surface area contributed by atoms with Gasteiger partial charge >= 0.3 is 5.97 Å². The minimum Gasteiger partial charge on any atom is -0.452 e. The molecule has 0 aromatic heterocycles. The molecule has 0 saturated heterocycles. The van der Waals surface area contributed by atoms with Crippen LogP contribution in [-0.4, -0.2) is 18.5 Å². The molecule has 0 aliphatic carbocycles. The number of aryl methyl sites for hydroxylation is 1. The number of rotatable bonds is 4. The lowest BCUT2D eigenvalue weighted by molar-refractivity contribution is -0.119. The number of hydrogen-bond donors (Lipinski definition) is 1. The van der Waals surface area contributed by atoms with E-state index in [1.807, 2.05) is 6.07 Å². The van der Waals surface area contributed by atoms with Crippen LogP contribution >= 0.6 is 23.2 Å². The molecule has 0 spiro atoms. The van der Waals surface area contributed by atoms with E-state index in [0.717, 1.165) is 5.56 Å². The minimum absolute atomic E-state index is 0.350. The third kappa shape index (κ3) is 4.23. The number of anilines is 1. The van der Waals surface area contributed by atoms with E-state index in [4.69, 9.17) is 27.9 Å². The number of carbonyl (C=O) groups excluding carboxylic acids is 2. The molecule has 4 nitrogen and oxygen atoms in total. The summed E-state index contributed by atoms with van der Waals surface area (Å²) in [5.74, 6) is -1.04. The molecule has 114 valence electrons. The van der Waals surface area contributed by atoms with Crippen molar-refractivity contribution >= 4 is 40.8 Å². The summed E-state index contributed by atoms with van der Waals surface area (Å²) in [6.07, 6.45) is 0. The average Bonchev–Trinajstić information content (AvgIpc) is 2.49.